The highest BCUT2D eigenvalue weighted by Crippen LogP contribution is 2.32. The van der Waals surface area contributed by atoms with E-state index in [1.165, 1.54) is 19.3 Å². The van der Waals surface area contributed by atoms with Crippen LogP contribution in [0, 0.1) is 11.8 Å². The van der Waals surface area contributed by atoms with Crippen LogP contribution in [0.2, 0.25) is 0 Å². The van der Waals surface area contributed by atoms with Gasteiger partial charge in [0, 0.05) is 19.6 Å². The van der Waals surface area contributed by atoms with Crippen LogP contribution in [0.1, 0.15) is 39.5 Å². The lowest BCUT2D eigenvalue weighted by atomic mass is 9.78. The normalized spacial score (nSPS) is 40.4. The number of rotatable bonds is 3. The standard InChI is InChI=1S/C14H27NO2/c1-3-12-4-5-14(16)13(8-12)10-15-6-7-17-11(2)9-15/h11-14,16H,3-10H2,1-2H3. The van der Waals surface area contributed by atoms with Crippen molar-refractivity contribution in [1.82, 2.24) is 4.90 Å². The molecule has 0 aromatic carbocycles. The topological polar surface area (TPSA) is 32.7 Å². The first-order chi connectivity index (χ1) is 8.19. The van der Waals surface area contributed by atoms with Crippen LogP contribution in [0.3, 0.4) is 0 Å². The van der Waals surface area contributed by atoms with Gasteiger partial charge in [0.1, 0.15) is 0 Å². The minimum Gasteiger partial charge on any atom is -0.393 e. The van der Waals surface area contributed by atoms with E-state index in [2.05, 4.69) is 18.7 Å². The van der Waals surface area contributed by atoms with Gasteiger partial charge in [0.15, 0.2) is 0 Å². The summed E-state index contributed by atoms with van der Waals surface area (Å²) in [5, 5.41) is 10.1. The van der Waals surface area contributed by atoms with Crippen molar-refractivity contribution >= 4 is 0 Å². The van der Waals surface area contributed by atoms with E-state index >= 15 is 0 Å². The summed E-state index contributed by atoms with van der Waals surface area (Å²) in [5.41, 5.74) is 0. The molecule has 0 bridgehead atoms. The summed E-state index contributed by atoms with van der Waals surface area (Å²) in [6.07, 6.45) is 4.98. The molecule has 4 atom stereocenters. The van der Waals surface area contributed by atoms with Crippen molar-refractivity contribution in [1.29, 1.82) is 0 Å². The Morgan fingerprint density at radius 2 is 2.18 bits per heavy atom. The fourth-order valence-electron chi connectivity index (χ4n) is 3.30. The van der Waals surface area contributed by atoms with Gasteiger partial charge in [0.05, 0.1) is 18.8 Å². The molecule has 0 aromatic heterocycles. The van der Waals surface area contributed by atoms with Crippen LogP contribution in [0.4, 0.5) is 0 Å². The Morgan fingerprint density at radius 3 is 2.88 bits per heavy atom. The monoisotopic (exact) mass is 241 g/mol. The first-order valence-corrected chi connectivity index (χ1v) is 7.21. The van der Waals surface area contributed by atoms with Crippen LogP contribution >= 0.6 is 0 Å². The molecule has 0 aromatic rings. The zero-order chi connectivity index (χ0) is 12.3. The highest BCUT2D eigenvalue weighted by Gasteiger charge is 2.30. The van der Waals surface area contributed by atoms with Crippen LogP contribution in [0.5, 0.6) is 0 Å². The predicted octanol–water partition coefficient (Wildman–Crippen LogP) is 1.89. The molecule has 0 amide bonds. The average molecular weight is 241 g/mol. The number of aliphatic hydroxyl groups excluding tert-OH is 1. The van der Waals surface area contributed by atoms with Gasteiger partial charge >= 0.3 is 0 Å². The van der Waals surface area contributed by atoms with Crippen molar-refractivity contribution in [2.75, 3.05) is 26.2 Å². The molecule has 0 radical (unpaired) electrons. The number of ether oxygens (including phenoxy) is 1. The zero-order valence-corrected chi connectivity index (χ0v) is 11.3. The van der Waals surface area contributed by atoms with E-state index in [0.29, 0.717) is 12.0 Å². The molecule has 100 valence electrons. The fourth-order valence-corrected chi connectivity index (χ4v) is 3.30. The second kappa shape index (κ2) is 6.17. The third-order valence-electron chi connectivity index (χ3n) is 4.45. The van der Waals surface area contributed by atoms with Gasteiger partial charge in [-0.25, -0.2) is 0 Å². The van der Waals surface area contributed by atoms with Crippen molar-refractivity contribution in [2.24, 2.45) is 11.8 Å². The lowest BCUT2D eigenvalue weighted by molar-refractivity contribution is -0.0407. The molecular formula is C14H27NO2. The van der Waals surface area contributed by atoms with Crippen LogP contribution in [0.15, 0.2) is 0 Å². The van der Waals surface area contributed by atoms with Crippen molar-refractivity contribution in [2.45, 2.75) is 51.7 Å². The van der Waals surface area contributed by atoms with Crippen molar-refractivity contribution < 1.29 is 9.84 Å². The van der Waals surface area contributed by atoms with Crippen molar-refractivity contribution in [3.63, 3.8) is 0 Å². The number of hydrogen-bond donors (Lipinski definition) is 1. The maximum Gasteiger partial charge on any atom is 0.0674 e. The van der Waals surface area contributed by atoms with Gasteiger partial charge in [0.25, 0.3) is 0 Å². The zero-order valence-electron chi connectivity index (χ0n) is 11.3. The summed E-state index contributed by atoms with van der Waals surface area (Å²) < 4.78 is 5.56. The molecule has 1 saturated heterocycles. The highest BCUT2D eigenvalue weighted by atomic mass is 16.5. The molecule has 1 N–H and O–H groups in total. The second-order valence-electron chi connectivity index (χ2n) is 5.86. The first-order valence-electron chi connectivity index (χ1n) is 7.21. The molecule has 1 aliphatic heterocycles. The Bertz CT molecular complexity index is 234. The summed E-state index contributed by atoms with van der Waals surface area (Å²) in [6, 6.07) is 0. The second-order valence-corrected chi connectivity index (χ2v) is 5.86. The summed E-state index contributed by atoms with van der Waals surface area (Å²) in [5.74, 6) is 1.32. The molecule has 1 saturated carbocycles. The van der Waals surface area contributed by atoms with E-state index in [1.807, 2.05) is 0 Å². The van der Waals surface area contributed by atoms with E-state index in [-0.39, 0.29) is 6.10 Å². The largest absolute Gasteiger partial charge is 0.393 e. The summed E-state index contributed by atoms with van der Waals surface area (Å²) in [6.45, 7) is 8.38. The smallest absolute Gasteiger partial charge is 0.0674 e. The Kier molecular flexibility index (Phi) is 4.83. The Morgan fingerprint density at radius 1 is 1.35 bits per heavy atom. The third kappa shape index (κ3) is 3.67. The van der Waals surface area contributed by atoms with Crippen LogP contribution < -0.4 is 0 Å². The molecule has 4 unspecified atom stereocenters. The van der Waals surface area contributed by atoms with Gasteiger partial charge in [-0.1, -0.05) is 13.3 Å². The highest BCUT2D eigenvalue weighted by molar-refractivity contribution is 4.82. The Hall–Kier alpha value is -0.120. The molecular weight excluding hydrogens is 214 g/mol. The predicted molar refractivity (Wildman–Crippen MR) is 69.0 cm³/mol. The fraction of sp³-hybridized carbons (Fsp3) is 1.00. The Labute approximate surface area is 105 Å². The number of morpholine rings is 1. The Balaban J connectivity index is 1.83. The van der Waals surface area contributed by atoms with Crippen LogP contribution in [-0.2, 0) is 4.74 Å². The summed E-state index contributed by atoms with van der Waals surface area (Å²) in [7, 11) is 0. The molecule has 1 aliphatic carbocycles. The summed E-state index contributed by atoms with van der Waals surface area (Å²) in [4.78, 5) is 2.47. The first kappa shape index (κ1) is 13.3. The van der Waals surface area contributed by atoms with Gasteiger partial charge in [-0.2, -0.15) is 0 Å². The molecule has 2 fully saturated rings. The molecule has 0 spiro atoms. The quantitative estimate of drug-likeness (QED) is 0.819. The average Bonchev–Trinajstić information content (AvgIpc) is 2.32. The van der Waals surface area contributed by atoms with Crippen molar-refractivity contribution in [3.8, 4) is 0 Å². The number of nitrogens with zero attached hydrogens (tertiary/aromatic N) is 1. The lowest BCUT2D eigenvalue weighted by Crippen LogP contribution is -2.46. The van der Waals surface area contributed by atoms with Gasteiger partial charge in [0.2, 0.25) is 0 Å². The van der Waals surface area contributed by atoms with Crippen LogP contribution in [0.25, 0.3) is 0 Å². The van der Waals surface area contributed by atoms with E-state index in [9.17, 15) is 5.11 Å². The van der Waals surface area contributed by atoms with Gasteiger partial charge in [-0.15, -0.1) is 0 Å². The van der Waals surface area contributed by atoms with Gasteiger partial charge in [-0.05, 0) is 38.0 Å². The molecule has 3 heteroatoms. The van der Waals surface area contributed by atoms with E-state index < -0.39 is 0 Å². The van der Waals surface area contributed by atoms with E-state index in [0.717, 1.165) is 38.6 Å². The molecule has 3 nitrogen and oxygen atoms in total. The SMILES string of the molecule is CCC1CCC(O)C(CN2CCOC(C)C2)C1. The maximum absolute atomic E-state index is 10.1. The molecule has 2 rings (SSSR count). The number of hydrogen-bond acceptors (Lipinski definition) is 3. The van der Waals surface area contributed by atoms with Crippen molar-refractivity contribution in [3.05, 3.63) is 0 Å². The van der Waals surface area contributed by atoms with E-state index in [4.69, 9.17) is 4.74 Å². The van der Waals surface area contributed by atoms with E-state index in [1.54, 1.807) is 0 Å². The lowest BCUT2D eigenvalue weighted by Gasteiger charge is -2.38. The minimum atomic E-state index is -0.0732. The number of aliphatic hydroxyl groups is 1. The maximum atomic E-state index is 10.1. The van der Waals surface area contributed by atoms with Gasteiger partial charge < -0.3 is 9.84 Å². The van der Waals surface area contributed by atoms with Crippen LogP contribution in [-0.4, -0.2) is 48.5 Å². The minimum absolute atomic E-state index is 0.0732. The molecule has 1 heterocycles. The third-order valence-corrected chi connectivity index (χ3v) is 4.45. The molecule has 17 heavy (non-hydrogen) atoms. The van der Waals surface area contributed by atoms with Gasteiger partial charge in [-0.3, -0.25) is 4.90 Å². The summed E-state index contributed by atoms with van der Waals surface area (Å²) >= 11 is 0. The molecule has 2 aliphatic rings.